The van der Waals surface area contributed by atoms with Gasteiger partial charge in [0.15, 0.2) is 19.0 Å². The second-order valence-corrected chi connectivity index (χ2v) is 7.46. The van der Waals surface area contributed by atoms with E-state index in [9.17, 15) is 18.0 Å². The highest BCUT2D eigenvalue weighted by molar-refractivity contribution is 7.92. The Hall–Kier alpha value is -2.58. The van der Waals surface area contributed by atoms with Crippen LogP contribution < -0.4 is 9.46 Å². The maximum absolute atomic E-state index is 12.0. The highest BCUT2D eigenvalue weighted by Gasteiger charge is 2.11. The molecule has 0 saturated carbocycles. The van der Waals surface area contributed by atoms with Crippen LogP contribution in [0.3, 0.4) is 0 Å². The van der Waals surface area contributed by atoms with E-state index in [1.165, 1.54) is 24.3 Å². The molecule has 0 atom stereocenters. The quantitative estimate of drug-likeness (QED) is 0.542. The lowest BCUT2D eigenvalue weighted by Crippen LogP contribution is -2.19. The number of benzene rings is 2. The SMILES string of the molecule is CS(=O)(=O)Nc1ccc(C(=O)COC(=O)COc2ccc(Cl)cc2)cc1. The summed E-state index contributed by atoms with van der Waals surface area (Å²) >= 11 is 5.74. The third-order valence-corrected chi connectivity index (χ3v) is 3.90. The van der Waals surface area contributed by atoms with Gasteiger partial charge < -0.3 is 9.47 Å². The predicted molar refractivity (Wildman–Crippen MR) is 97.1 cm³/mol. The van der Waals surface area contributed by atoms with Gasteiger partial charge >= 0.3 is 5.97 Å². The van der Waals surface area contributed by atoms with Gasteiger partial charge in [-0.3, -0.25) is 9.52 Å². The molecule has 138 valence electrons. The maximum atomic E-state index is 12.0. The van der Waals surface area contributed by atoms with E-state index >= 15 is 0 Å². The summed E-state index contributed by atoms with van der Waals surface area (Å²) in [6.45, 7) is -0.784. The molecule has 0 aliphatic carbocycles. The van der Waals surface area contributed by atoms with Crippen molar-refractivity contribution in [2.75, 3.05) is 24.2 Å². The van der Waals surface area contributed by atoms with E-state index < -0.39 is 28.4 Å². The fourth-order valence-electron chi connectivity index (χ4n) is 1.88. The van der Waals surface area contributed by atoms with Gasteiger partial charge in [0, 0.05) is 16.3 Å². The van der Waals surface area contributed by atoms with Crippen molar-refractivity contribution in [1.29, 1.82) is 0 Å². The summed E-state index contributed by atoms with van der Waals surface area (Å²) in [5.41, 5.74) is 0.618. The predicted octanol–water partition coefficient (Wildman–Crippen LogP) is 2.52. The minimum Gasteiger partial charge on any atom is -0.482 e. The van der Waals surface area contributed by atoms with Gasteiger partial charge in [-0.1, -0.05) is 11.6 Å². The number of halogens is 1. The zero-order valence-corrected chi connectivity index (χ0v) is 15.3. The summed E-state index contributed by atoms with van der Waals surface area (Å²) in [5.74, 6) is -0.661. The second-order valence-electron chi connectivity index (χ2n) is 5.28. The molecule has 1 N–H and O–H groups in total. The van der Waals surface area contributed by atoms with Crippen LogP contribution in [-0.4, -0.2) is 39.6 Å². The number of ether oxygens (including phenoxy) is 2. The maximum Gasteiger partial charge on any atom is 0.344 e. The van der Waals surface area contributed by atoms with Crippen LogP contribution >= 0.6 is 11.6 Å². The molecular weight excluding hydrogens is 382 g/mol. The molecule has 0 spiro atoms. The van der Waals surface area contributed by atoms with E-state index in [2.05, 4.69) is 4.72 Å². The van der Waals surface area contributed by atoms with Gasteiger partial charge in [0.05, 0.1) is 6.26 Å². The molecule has 0 radical (unpaired) electrons. The minimum absolute atomic E-state index is 0.287. The van der Waals surface area contributed by atoms with Gasteiger partial charge in [0.25, 0.3) is 0 Å². The van der Waals surface area contributed by atoms with Crippen molar-refractivity contribution >= 4 is 39.1 Å². The summed E-state index contributed by atoms with van der Waals surface area (Å²) in [4.78, 5) is 23.6. The normalized spacial score (nSPS) is 10.8. The molecule has 7 nitrogen and oxygen atoms in total. The van der Waals surface area contributed by atoms with Crippen LogP contribution in [-0.2, 0) is 19.6 Å². The number of Topliss-reactive ketones (excluding diaryl/α,β-unsaturated/α-hetero) is 1. The van der Waals surface area contributed by atoms with Gasteiger partial charge in [0.1, 0.15) is 5.75 Å². The average Bonchev–Trinajstić information content (AvgIpc) is 2.58. The summed E-state index contributed by atoms with van der Waals surface area (Å²) in [6.07, 6.45) is 1.03. The highest BCUT2D eigenvalue weighted by atomic mass is 35.5. The van der Waals surface area contributed by atoms with Gasteiger partial charge in [-0.25, -0.2) is 13.2 Å². The summed E-state index contributed by atoms with van der Waals surface area (Å²) < 4.78 is 34.6. The third kappa shape index (κ3) is 6.73. The summed E-state index contributed by atoms with van der Waals surface area (Å²) in [7, 11) is -3.39. The molecular formula is C17H16ClNO6S. The van der Waals surface area contributed by atoms with Crippen LogP contribution in [0, 0.1) is 0 Å². The zero-order valence-electron chi connectivity index (χ0n) is 13.8. The molecule has 2 aromatic rings. The van der Waals surface area contributed by atoms with E-state index in [4.69, 9.17) is 21.1 Å². The van der Waals surface area contributed by atoms with Crippen molar-refractivity contribution in [2.24, 2.45) is 0 Å². The molecule has 0 bridgehead atoms. The Labute approximate surface area is 155 Å². The topological polar surface area (TPSA) is 98.8 Å². The van der Waals surface area contributed by atoms with Gasteiger partial charge in [-0.05, 0) is 48.5 Å². The van der Waals surface area contributed by atoms with E-state index in [1.54, 1.807) is 24.3 Å². The van der Waals surface area contributed by atoms with Crippen molar-refractivity contribution < 1.29 is 27.5 Å². The number of anilines is 1. The second kappa shape index (κ2) is 8.68. The monoisotopic (exact) mass is 397 g/mol. The Morgan fingerprint density at radius 3 is 2.19 bits per heavy atom. The van der Waals surface area contributed by atoms with Crippen molar-refractivity contribution in [3.8, 4) is 5.75 Å². The number of rotatable bonds is 8. The van der Waals surface area contributed by atoms with E-state index in [-0.39, 0.29) is 12.2 Å². The van der Waals surface area contributed by atoms with Crippen LogP contribution in [0.25, 0.3) is 0 Å². The molecule has 0 saturated heterocycles. The number of carbonyl (C=O) groups is 2. The Kier molecular flexibility index (Phi) is 6.59. The van der Waals surface area contributed by atoms with Crippen LogP contribution in [0.4, 0.5) is 5.69 Å². The molecule has 26 heavy (non-hydrogen) atoms. The molecule has 0 aliphatic heterocycles. The highest BCUT2D eigenvalue weighted by Crippen LogP contribution is 2.15. The van der Waals surface area contributed by atoms with E-state index in [0.717, 1.165) is 6.26 Å². The lowest BCUT2D eigenvalue weighted by Gasteiger charge is -2.07. The molecule has 0 aromatic heterocycles. The lowest BCUT2D eigenvalue weighted by atomic mass is 10.1. The molecule has 0 heterocycles. The smallest absolute Gasteiger partial charge is 0.344 e. The number of hydrogen-bond acceptors (Lipinski definition) is 6. The number of ketones is 1. The molecule has 0 amide bonds. The first-order valence-corrected chi connectivity index (χ1v) is 9.65. The van der Waals surface area contributed by atoms with Crippen LogP contribution in [0.2, 0.25) is 5.02 Å². The number of nitrogens with one attached hydrogen (secondary N) is 1. The van der Waals surface area contributed by atoms with Crippen LogP contribution in [0.1, 0.15) is 10.4 Å². The number of esters is 1. The lowest BCUT2D eigenvalue weighted by molar-refractivity contribution is -0.144. The molecule has 2 aromatic carbocycles. The van der Waals surface area contributed by atoms with E-state index in [1.807, 2.05) is 0 Å². The number of hydrogen-bond donors (Lipinski definition) is 1. The van der Waals surface area contributed by atoms with Crippen molar-refractivity contribution in [1.82, 2.24) is 0 Å². The Balaban J connectivity index is 1.80. The van der Waals surface area contributed by atoms with Crippen molar-refractivity contribution in [2.45, 2.75) is 0 Å². The Bertz CT molecular complexity index is 878. The first-order chi connectivity index (χ1) is 12.2. The minimum atomic E-state index is -3.39. The largest absolute Gasteiger partial charge is 0.482 e. The molecule has 0 fully saturated rings. The molecule has 9 heteroatoms. The molecule has 2 rings (SSSR count). The Morgan fingerprint density at radius 2 is 1.62 bits per heavy atom. The summed E-state index contributed by atoms with van der Waals surface area (Å²) in [6, 6.07) is 12.2. The molecule has 0 aliphatic rings. The Morgan fingerprint density at radius 1 is 1.00 bits per heavy atom. The number of carbonyl (C=O) groups excluding carboxylic acids is 2. The van der Waals surface area contributed by atoms with Gasteiger partial charge in [-0.2, -0.15) is 0 Å². The fourth-order valence-corrected chi connectivity index (χ4v) is 2.57. The third-order valence-electron chi connectivity index (χ3n) is 3.04. The van der Waals surface area contributed by atoms with Crippen LogP contribution in [0.5, 0.6) is 5.75 Å². The standard InChI is InChI=1S/C17H16ClNO6S/c1-26(22,23)19-14-6-2-12(3-7-14)16(20)10-25-17(21)11-24-15-8-4-13(18)5-9-15/h2-9,19H,10-11H2,1H3. The van der Waals surface area contributed by atoms with Crippen LogP contribution in [0.15, 0.2) is 48.5 Å². The van der Waals surface area contributed by atoms with Crippen molar-refractivity contribution in [3.63, 3.8) is 0 Å². The van der Waals surface area contributed by atoms with Crippen molar-refractivity contribution in [3.05, 3.63) is 59.1 Å². The fraction of sp³-hybridized carbons (Fsp3) is 0.176. The number of sulfonamides is 1. The zero-order chi connectivity index (χ0) is 19.2. The van der Waals surface area contributed by atoms with Gasteiger partial charge in [0.2, 0.25) is 10.0 Å². The molecule has 0 unspecified atom stereocenters. The summed E-state index contributed by atoms with van der Waals surface area (Å²) in [5, 5.41) is 0.545. The first-order valence-electron chi connectivity index (χ1n) is 7.38. The average molecular weight is 398 g/mol. The van der Waals surface area contributed by atoms with E-state index in [0.29, 0.717) is 16.5 Å². The first kappa shape index (κ1) is 19.7. The van der Waals surface area contributed by atoms with Gasteiger partial charge in [-0.15, -0.1) is 0 Å².